The molecular weight excluding hydrogens is 324 g/mol. The molecule has 24 heavy (non-hydrogen) atoms. The average Bonchev–Trinajstić information content (AvgIpc) is 2.81. The van der Waals surface area contributed by atoms with Crippen LogP contribution in [0, 0.1) is 0 Å². The topological polar surface area (TPSA) is 58.7 Å². The number of aliphatic imine (C=N–C) groups is 1. The maximum atomic E-state index is 13.2. The Kier molecular flexibility index (Phi) is 3.39. The number of sulfonamides is 1. The molecule has 0 spiro atoms. The number of benzene rings is 1. The molecule has 2 heterocycles. The lowest BCUT2D eigenvalue weighted by Crippen LogP contribution is -2.39. The highest BCUT2D eigenvalue weighted by molar-refractivity contribution is 7.90. The molecule has 3 rings (SSSR count). The Morgan fingerprint density at radius 3 is 2.29 bits per heavy atom. The van der Waals surface area contributed by atoms with Gasteiger partial charge in [0.1, 0.15) is 12.1 Å². The van der Waals surface area contributed by atoms with Gasteiger partial charge in [-0.25, -0.2) is 13.4 Å². The monoisotopic (exact) mass is 351 g/mol. The summed E-state index contributed by atoms with van der Waals surface area (Å²) in [7, 11) is -3.76. The lowest BCUT2D eigenvalue weighted by molar-refractivity contribution is 0.267. The zero-order valence-corrected chi connectivity index (χ0v) is 15.9. The second-order valence-electron chi connectivity index (χ2n) is 8.19. The van der Waals surface area contributed by atoms with E-state index in [4.69, 9.17) is 6.11 Å². The van der Waals surface area contributed by atoms with Gasteiger partial charge >= 0.3 is 0 Å². The van der Waals surface area contributed by atoms with Crippen LogP contribution in [0.5, 0.6) is 0 Å². The van der Waals surface area contributed by atoms with Crippen molar-refractivity contribution in [3.05, 3.63) is 35.9 Å². The first-order valence-corrected chi connectivity index (χ1v) is 9.56. The summed E-state index contributed by atoms with van der Waals surface area (Å²) in [6.45, 7) is 10.9. The van der Waals surface area contributed by atoms with E-state index in [0.29, 0.717) is 18.1 Å². The Bertz CT molecular complexity index is 830. The SMILES string of the molecule is [2H][C@@]1(c2ccccc2)N(S(=O)(=O)C(C)(C)C)[C@]1(C)C1=NC(C)(C)CO1. The highest BCUT2D eigenvalue weighted by Crippen LogP contribution is 2.58. The molecule has 6 heteroatoms. The van der Waals surface area contributed by atoms with Crippen LogP contribution in [-0.4, -0.2) is 41.1 Å². The van der Waals surface area contributed by atoms with E-state index in [1.807, 2.05) is 32.0 Å². The molecule has 0 saturated carbocycles. The molecule has 0 N–H and O–H groups in total. The van der Waals surface area contributed by atoms with Gasteiger partial charge < -0.3 is 4.74 Å². The summed E-state index contributed by atoms with van der Waals surface area (Å²) < 4.78 is 41.6. The van der Waals surface area contributed by atoms with Crippen molar-refractivity contribution in [3.63, 3.8) is 0 Å². The van der Waals surface area contributed by atoms with Crippen LogP contribution in [0.15, 0.2) is 35.3 Å². The van der Waals surface area contributed by atoms with Gasteiger partial charge in [-0.15, -0.1) is 0 Å². The predicted octanol–water partition coefficient (Wildman–Crippen LogP) is 3.14. The van der Waals surface area contributed by atoms with Gasteiger partial charge in [-0.1, -0.05) is 30.3 Å². The van der Waals surface area contributed by atoms with E-state index in [-0.39, 0.29) is 0 Å². The number of hydrogen-bond donors (Lipinski definition) is 0. The van der Waals surface area contributed by atoms with Crippen LogP contribution in [0.25, 0.3) is 0 Å². The van der Waals surface area contributed by atoms with Crippen molar-refractivity contribution < 1.29 is 14.5 Å². The van der Waals surface area contributed by atoms with Crippen LogP contribution in [0.2, 0.25) is 0 Å². The van der Waals surface area contributed by atoms with E-state index in [1.165, 1.54) is 4.31 Å². The number of nitrogens with zero attached hydrogens (tertiary/aromatic N) is 2. The quantitative estimate of drug-likeness (QED) is 0.786. The lowest BCUT2D eigenvalue weighted by atomic mass is 10.0. The summed E-state index contributed by atoms with van der Waals surface area (Å²) in [6, 6.07) is 7.57. The van der Waals surface area contributed by atoms with Crippen molar-refractivity contribution in [2.75, 3.05) is 6.61 Å². The maximum absolute atomic E-state index is 13.2. The van der Waals surface area contributed by atoms with Crippen LogP contribution >= 0.6 is 0 Å². The standard InChI is InChI=1S/C18H26N2O3S/c1-16(2,3)24(21,22)20-14(13-10-8-7-9-11-13)18(20,6)15-19-17(4,5)12-23-15/h7-11,14H,12H2,1-6H3/t14-,18-,20?/m0/s1/i14D. The van der Waals surface area contributed by atoms with Crippen molar-refractivity contribution >= 4 is 15.9 Å². The first-order chi connectivity index (χ1) is 11.3. The summed E-state index contributed by atoms with van der Waals surface area (Å²) in [4.78, 5) is 4.59. The highest BCUT2D eigenvalue weighted by Gasteiger charge is 2.72. The Balaban J connectivity index is 2.19. The fourth-order valence-corrected chi connectivity index (χ4v) is 4.63. The summed E-state index contributed by atoms with van der Waals surface area (Å²) in [5, 5.41) is 0. The zero-order valence-electron chi connectivity index (χ0n) is 16.1. The van der Waals surface area contributed by atoms with Crippen molar-refractivity contribution in [1.29, 1.82) is 0 Å². The second kappa shape index (κ2) is 5.05. The minimum Gasteiger partial charge on any atom is -0.477 e. The minimum atomic E-state index is -3.76. The lowest BCUT2D eigenvalue weighted by Gasteiger charge is -2.22. The molecule has 0 aromatic heterocycles. The molecule has 1 aromatic carbocycles. The molecule has 1 unspecified atom stereocenters. The fraction of sp³-hybridized carbons (Fsp3) is 0.611. The molecule has 0 amide bonds. The zero-order chi connectivity index (χ0) is 18.9. The van der Waals surface area contributed by atoms with Gasteiger partial charge in [0.2, 0.25) is 15.9 Å². The van der Waals surface area contributed by atoms with Gasteiger partial charge in [-0.2, -0.15) is 4.31 Å². The smallest absolute Gasteiger partial charge is 0.220 e. The van der Waals surface area contributed by atoms with Crippen LogP contribution in [0.4, 0.5) is 0 Å². The van der Waals surface area contributed by atoms with Crippen LogP contribution in [0.1, 0.15) is 54.5 Å². The number of rotatable bonds is 3. The van der Waals surface area contributed by atoms with Crippen molar-refractivity contribution in [3.8, 4) is 0 Å². The second-order valence-corrected chi connectivity index (χ2v) is 10.7. The fourth-order valence-electron chi connectivity index (χ4n) is 2.96. The third-order valence-corrected chi connectivity index (χ3v) is 7.04. The molecule has 2 aliphatic rings. The van der Waals surface area contributed by atoms with Gasteiger partial charge in [0.15, 0.2) is 0 Å². The van der Waals surface area contributed by atoms with E-state index < -0.39 is 31.9 Å². The van der Waals surface area contributed by atoms with E-state index in [9.17, 15) is 8.42 Å². The third kappa shape index (κ3) is 2.47. The normalized spacial score (nSPS) is 35.8. The molecule has 3 atom stereocenters. The first-order valence-electron chi connectivity index (χ1n) is 8.62. The molecule has 1 saturated heterocycles. The Hall–Kier alpha value is -1.40. The Morgan fingerprint density at radius 1 is 1.25 bits per heavy atom. The van der Waals surface area contributed by atoms with Crippen molar-refractivity contribution in [2.45, 2.75) is 63.4 Å². The largest absolute Gasteiger partial charge is 0.477 e. The molecule has 0 radical (unpaired) electrons. The van der Waals surface area contributed by atoms with E-state index >= 15 is 0 Å². The summed E-state index contributed by atoms with van der Waals surface area (Å²) >= 11 is 0. The van der Waals surface area contributed by atoms with Crippen LogP contribution < -0.4 is 0 Å². The molecule has 0 bridgehead atoms. The molecule has 5 nitrogen and oxygen atoms in total. The summed E-state index contributed by atoms with van der Waals surface area (Å²) in [5.74, 6) is 0.323. The van der Waals surface area contributed by atoms with E-state index in [0.717, 1.165) is 0 Å². The van der Waals surface area contributed by atoms with Gasteiger partial charge in [-0.3, -0.25) is 0 Å². The molecule has 0 aliphatic carbocycles. The summed E-state index contributed by atoms with van der Waals surface area (Å²) in [5.41, 5.74) is -0.967. The average molecular weight is 351 g/mol. The molecule has 132 valence electrons. The third-order valence-electron chi connectivity index (χ3n) is 4.46. The highest BCUT2D eigenvalue weighted by atomic mass is 32.2. The number of hydrogen-bond acceptors (Lipinski definition) is 4. The molecule has 1 fully saturated rings. The first kappa shape index (κ1) is 16.1. The van der Waals surface area contributed by atoms with Crippen molar-refractivity contribution in [2.24, 2.45) is 4.99 Å². The van der Waals surface area contributed by atoms with Gasteiger partial charge in [0.05, 0.1) is 17.7 Å². The van der Waals surface area contributed by atoms with Gasteiger partial charge in [0.25, 0.3) is 0 Å². The number of ether oxygens (including phenoxy) is 1. The van der Waals surface area contributed by atoms with E-state index in [2.05, 4.69) is 4.99 Å². The van der Waals surface area contributed by atoms with Crippen LogP contribution in [-0.2, 0) is 14.8 Å². The van der Waals surface area contributed by atoms with Crippen LogP contribution in [0.3, 0.4) is 0 Å². The predicted molar refractivity (Wildman–Crippen MR) is 95.6 cm³/mol. The Morgan fingerprint density at radius 2 is 1.83 bits per heavy atom. The van der Waals surface area contributed by atoms with Gasteiger partial charge in [-0.05, 0) is 47.1 Å². The van der Waals surface area contributed by atoms with Gasteiger partial charge in [0, 0.05) is 0 Å². The molecule has 2 aliphatic heterocycles. The minimum absolute atomic E-state index is 0.323. The summed E-state index contributed by atoms with van der Waals surface area (Å²) in [6.07, 6.45) is 0. The molecule has 1 aromatic rings. The van der Waals surface area contributed by atoms with Crippen molar-refractivity contribution in [1.82, 2.24) is 4.31 Å². The maximum Gasteiger partial charge on any atom is 0.220 e. The molecular formula is C18H26N2O3S. The Labute approximate surface area is 146 Å². The van der Waals surface area contributed by atoms with E-state index in [1.54, 1.807) is 39.8 Å².